The second-order valence-corrected chi connectivity index (χ2v) is 5.99. The maximum atomic E-state index is 6.48. The summed E-state index contributed by atoms with van der Waals surface area (Å²) in [5.74, 6) is 1.61. The molecule has 0 saturated heterocycles. The number of fused-ring (bicyclic) bond motifs is 3. The molecule has 0 aromatic carbocycles. The van der Waals surface area contributed by atoms with Crippen molar-refractivity contribution in [3.05, 3.63) is 0 Å². The van der Waals surface area contributed by atoms with Gasteiger partial charge in [-0.3, -0.25) is 0 Å². The standard InChI is InChI=1S/C13H23NO2/c1-15-10-6-13(7-11(10)16-2)9-4-3-8(5-9)12(13)14/h8-12H,3-7,14H2,1-2H3/t8?,9?,10-,11?,12?,13-/m0/s1. The van der Waals surface area contributed by atoms with Crippen LogP contribution in [0.25, 0.3) is 0 Å². The Hall–Kier alpha value is -0.120. The van der Waals surface area contributed by atoms with Crippen molar-refractivity contribution in [2.75, 3.05) is 14.2 Å². The SMILES string of the molecule is COC1C[C@@]2(C[C@@H]1OC)C1CCC(C1)C2N. The smallest absolute Gasteiger partial charge is 0.0838 e. The first-order valence-electron chi connectivity index (χ1n) is 6.52. The van der Waals surface area contributed by atoms with E-state index in [0.29, 0.717) is 11.5 Å². The molecule has 92 valence electrons. The summed E-state index contributed by atoms with van der Waals surface area (Å²) >= 11 is 0. The molecule has 3 fully saturated rings. The Morgan fingerprint density at radius 2 is 1.69 bits per heavy atom. The van der Waals surface area contributed by atoms with Gasteiger partial charge >= 0.3 is 0 Å². The van der Waals surface area contributed by atoms with Gasteiger partial charge in [-0.05, 0) is 49.4 Å². The molecule has 4 unspecified atom stereocenters. The predicted molar refractivity (Wildman–Crippen MR) is 62.1 cm³/mol. The largest absolute Gasteiger partial charge is 0.379 e. The van der Waals surface area contributed by atoms with Crippen LogP contribution >= 0.6 is 0 Å². The average molecular weight is 225 g/mol. The van der Waals surface area contributed by atoms with Gasteiger partial charge in [0.15, 0.2) is 0 Å². The van der Waals surface area contributed by atoms with Gasteiger partial charge in [-0.15, -0.1) is 0 Å². The topological polar surface area (TPSA) is 44.5 Å². The maximum Gasteiger partial charge on any atom is 0.0838 e. The van der Waals surface area contributed by atoms with E-state index in [2.05, 4.69) is 0 Å². The van der Waals surface area contributed by atoms with E-state index in [1.54, 1.807) is 14.2 Å². The molecule has 0 aromatic heterocycles. The van der Waals surface area contributed by atoms with Crippen LogP contribution in [0.3, 0.4) is 0 Å². The first-order valence-corrected chi connectivity index (χ1v) is 6.52. The van der Waals surface area contributed by atoms with Gasteiger partial charge < -0.3 is 15.2 Å². The molecule has 6 atom stereocenters. The highest BCUT2D eigenvalue weighted by molar-refractivity contribution is 5.13. The Kier molecular flexibility index (Phi) is 2.54. The van der Waals surface area contributed by atoms with E-state index in [1.807, 2.05) is 0 Å². The summed E-state index contributed by atoms with van der Waals surface area (Å²) < 4.78 is 11.2. The van der Waals surface area contributed by atoms with Crippen molar-refractivity contribution >= 4 is 0 Å². The molecule has 3 saturated carbocycles. The van der Waals surface area contributed by atoms with Gasteiger partial charge in [0.1, 0.15) is 0 Å². The fourth-order valence-corrected chi connectivity index (χ4v) is 4.78. The van der Waals surface area contributed by atoms with Crippen LogP contribution in [0.5, 0.6) is 0 Å². The Morgan fingerprint density at radius 1 is 1.06 bits per heavy atom. The van der Waals surface area contributed by atoms with Crippen LogP contribution in [0.1, 0.15) is 32.1 Å². The molecule has 0 radical (unpaired) electrons. The monoisotopic (exact) mass is 225 g/mol. The summed E-state index contributed by atoms with van der Waals surface area (Å²) in [4.78, 5) is 0. The van der Waals surface area contributed by atoms with E-state index in [1.165, 1.54) is 19.3 Å². The number of hydrogen-bond donors (Lipinski definition) is 1. The van der Waals surface area contributed by atoms with Crippen molar-refractivity contribution in [1.82, 2.24) is 0 Å². The molecule has 0 amide bonds. The van der Waals surface area contributed by atoms with Crippen LogP contribution < -0.4 is 5.73 Å². The van der Waals surface area contributed by atoms with Crippen molar-refractivity contribution in [2.24, 2.45) is 23.0 Å². The quantitative estimate of drug-likeness (QED) is 0.775. The molecule has 0 aliphatic heterocycles. The minimum Gasteiger partial charge on any atom is -0.379 e. The van der Waals surface area contributed by atoms with E-state index in [4.69, 9.17) is 15.2 Å². The number of rotatable bonds is 2. The van der Waals surface area contributed by atoms with Gasteiger partial charge in [-0.2, -0.15) is 0 Å². The van der Waals surface area contributed by atoms with E-state index in [-0.39, 0.29) is 12.2 Å². The predicted octanol–water partition coefficient (Wildman–Crippen LogP) is 1.55. The average Bonchev–Trinajstić information content (AvgIpc) is 2.97. The lowest BCUT2D eigenvalue weighted by Gasteiger charge is -2.39. The number of methoxy groups -OCH3 is 2. The van der Waals surface area contributed by atoms with Crippen LogP contribution in [-0.2, 0) is 9.47 Å². The highest BCUT2D eigenvalue weighted by Crippen LogP contribution is 2.62. The fourth-order valence-electron chi connectivity index (χ4n) is 4.78. The van der Waals surface area contributed by atoms with E-state index in [0.717, 1.165) is 24.7 Å². The number of hydrogen-bond acceptors (Lipinski definition) is 3. The molecule has 0 heterocycles. The Morgan fingerprint density at radius 3 is 2.12 bits per heavy atom. The highest BCUT2D eigenvalue weighted by Gasteiger charge is 2.61. The molecular weight excluding hydrogens is 202 g/mol. The first kappa shape index (κ1) is 11.0. The molecule has 16 heavy (non-hydrogen) atoms. The lowest BCUT2D eigenvalue weighted by molar-refractivity contribution is -0.0157. The minimum absolute atomic E-state index is 0.260. The maximum absolute atomic E-state index is 6.48. The molecule has 3 aliphatic rings. The van der Waals surface area contributed by atoms with Crippen LogP contribution in [0, 0.1) is 17.3 Å². The Labute approximate surface area is 97.7 Å². The van der Waals surface area contributed by atoms with Crippen molar-refractivity contribution in [3.63, 3.8) is 0 Å². The van der Waals surface area contributed by atoms with Crippen molar-refractivity contribution in [2.45, 2.75) is 50.4 Å². The van der Waals surface area contributed by atoms with Crippen molar-refractivity contribution in [1.29, 1.82) is 0 Å². The van der Waals surface area contributed by atoms with Crippen LogP contribution in [-0.4, -0.2) is 32.5 Å². The number of nitrogens with two attached hydrogens (primary N) is 1. The molecule has 3 aliphatic carbocycles. The van der Waals surface area contributed by atoms with Crippen LogP contribution in [0.4, 0.5) is 0 Å². The van der Waals surface area contributed by atoms with Crippen molar-refractivity contribution < 1.29 is 9.47 Å². The zero-order chi connectivity index (χ0) is 11.3. The van der Waals surface area contributed by atoms with Crippen molar-refractivity contribution in [3.8, 4) is 0 Å². The highest BCUT2D eigenvalue weighted by atomic mass is 16.5. The molecule has 2 N–H and O–H groups in total. The summed E-state index contributed by atoms with van der Waals surface area (Å²) in [5, 5.41) is 0. The normalized spacial score (nSPS) is 55.3. The molecule has 1 spiro atoms. The summed E-state index contributed by atoms with van der Waals surface area (Å²) in [6.45, 7) is 0. The zero-order valence-electron chi connectivity index (χ0n) is 10.3. The molecular formula is C13H23NO2. The van der Waals surface area contributed by atoms with Gasteiger partial charge in [0.2, 0.25) is 0 Å². The van der Waals surface area contributed by atoms with E-state index < -0.39 is 0 Å². The molecule has 0 aromatic rings. The lowest BCUT2D eigenvalue weighted by Crippen LogP contribution is -2.45. The summed E-state index contributed by atoms with van der Waals surface area (Å²) in [6.07, 6.45) is 6.84. The summed E-state index contributed by atoms with van der Waals surface area (Å²) in [5.41, 5.74) is 6.82. The third-order valence-electron chi connectivity index (χ3n) is 5.64. The van der Waals surface area contributed by atoms with Gasteiger partial charge in [0.05, 0.1) is 12.2 Å². The lowest BCUT2D eigenvalue weighted by atomic mass is 9.69. The third-order valence-corrected chi connectivity index (χ3v) is 5.64. The minimum atomic E-state index is 0.260. The zero-order valence-corrected chi connectivity index (χ0v) is 10.3. The van der Waals surface area contributed by atoms with Gasteiger partial charge in [-0.25, -0.2) is 0 Å². The van der Waals surface area contributed by atoms with Gasteiger partial charge in [0.25, 0.3) is 0 Å². The summed E-state index contributed by atoms with van der Waals surface area (Å²) in [6, 6.07) is 0.393. The Bertz CT molecular complexity index is 265. The second kappa shape index (κ2) is 3.69. The van der Waals surface area contributed by atoms with Crippen LogP contribution in [0.15, 0.2) is 0 Å². The third kappa shape index (κ3) is 1.25. The van der Waals surface area contributed by atoms with E-state index in [9.17, 15) is 0 Å². The van der Waals surface area contributed by atoms with Gasteiger partial charge in [0, 0.05) is 20.3 Å². The first-order chi connectivity index (χ1) is 7.71. The fraction of sp³-hybridized carbons (Fsp3) is 1.00. The Balaban J connectivity index is 1.85. The molecule has 3 nitrogen and oxygen atoms in total. The number of ether oxygens (including phenoxy) is 2. The molecule has 3 heteroatoms. The van der Waals surface area contributed by atoms with Gasteiger partial charge in [-0.1, -0.05) is 0 Å². The van der Waals surface area contributed by atoms with E-state index >= 15 is 0 Å². The summed E-state index contributed by atoms with van der Waals surface area (Å²) in [7, 11) is 3.60. The second-order valence-electron chi connectivity index (χ2n) is 5.99. The molecule has 3 rings (SSSR count). The molecule has 2 bridgehead atoms. The van der Waals surface area contributed by atoms with Crippen LogP contribution in [0.2, 0.25) is 0 Å².